The third-order valence-corrected chi connectivity index (χ3v) is 2.11. The summed E-state index contributed by atoms with van der Waals surface area (Å²) >= 11 is 0. The van der Waals surface area contributed by atoms with Gasteiger partial charge in [-0.2, -0.15) is 0 Å². The molecule has 0 aliphatic carbocycles. The lowest BCUT2D eigenvalue weighted by Gasteiger charge is -2.11. The zero-order chi connectivity index (χ0) is 12.1. The molecule has 3 nitrogen and oxygen atoms in total. The Hall–Kier alpha value is -1.20. The molecular weight excluding hydrogens is 250 g/mol. The summed E-state index contributed by atoms with van der Waals surface area (Å²) in [6.07, 6.45) is 0.0154. The van der Waals surface area contributed by atoms with Crippen LogP contribution in [0.15, 0.2) is 18.2 Å². The van der Waals surface area contributed by atoms with E-state index in [1.54, 1.807) is 6.92 Å². The van der Waals surface area contributed by atoms with Crippen LogP contribution in [0.25, 0.3) is 0 Å². The van der Waals surface area contributed by atoms with Crippen molar-refractivity contribution in [1.82, 2.24) is 5.32 Å². The third-order valence-electron chi connectivity index (χ3n) is 2.11. The molecule has 0 aromatic heterocycles. The first kappa shape index (κ1) is 15.8. The van der Waals surface area contributed by atoms with Crippen LogP contribution in [0.4, 0.5) is 8.78 Å². The molecule has 1 atom stereocenters. The van der Waals surface area contributed by atoms with Crippen molar-refractivity contribution >= 4 is 18.3 Å². The number of nitrogens with two attached hydrogens (primary N) is 1. The SMILES string of the molecule is C[C@@H](CN)NC(=O)Cc1ccc(F)c(F)c1.Cl. The molecule has 1 rings (SSSR count). The highest BCUT2D eigenvalue weighted by molar-refractivity contribution is 5.85. The molecule has 6 heteroatoms. The monoisotopic (exact) mass is 264 g/mol. The van der Waals surface area contributed by atoms with E-state index in [4.69, 9.17) is 5.73 Å². The molecule has 3 N–H and O–H groups in total. The second-order valence-corrected chi connectivity index (χ2v) is 3.63. The number of nitrogens with one attached hydrogen (secondary N) is 1. The van der Waals surface area contributed by atoms with Gasteiger partial charge in [-0.15, -0.1) is 12.4 Å². The average Bonchev–Trinajstić information content (AvgIpc) is 2.23. The van der Waals surface area contributed by atoms with Crippen LogP contribution in [0.1, 0.15) is 12.5 Å². The number of halogens is 3. The van der Waals surface area contributed by atoms with Gasteiger partial charge >= 0.3 is 0 Å². The Morgan fingerprint density at radius 1 is 1.41 bits per heavy atom. The summed E-state index contributed by atoms with van der Waals surface area (Å²) in [4.78, 5) is 11.4. The van der Waals surface area contributed by atoms with Crippen molar-refractivity contribution < 1.29 is 13.6 Å². The van der Waals surface area contributed by atoms with Gasteiger partial charge < -0.3 is 11.1 Å². The molecule has 17 heavy (non-hydrogen) atoms. The molecule has 1 aromatic rings. The van der Waals surface area contributed by atoms with E-state index in [9.17, 15) is 13.6 Å². The van der Waals surface area contributed by atoms with E-state index in [0.717, 1.165) is 12.1 Å². The molecule has 0 radical (unpaired) electrons. The summed E-state index contributed by atoms with van der Waals surface area (Å²) in [6, 6.07) is 3.27. The fourth-order valence-electron chi connectivity index (χ4n) is 1.22. The van der Waals surface area contributed by atoms with Gasteiger partial charge in [-0.05, 0) is 24.6 Å². The standard InChI is InChI=1S/C11H14F2N2O.ClH/c1-7(6-14)15-11(16)5-8-2-3-9(12)10(13)4-8;/h2-4,7H,5-6,14H2,1H3,(H,15,16);1H/t7-;/m0./s1. The van der Waals surface area contributed by atoms with Crippen molar-refractivity contribution in [2.75, 3.05) is 6.54 Å². The van der Waals surface area contributed by atoms with Crippen molar-refractivity contribution in [3.63, 3.8) is 0 Å². The lowest BCUT2D eigenvalue weighted by atomic mass is 10.1. The number of amides is 1. The highest BCUT2D eigenvalue weighted by atomic mass is 35.5. The summed E-state index contributed by atoms with van der Waals surface area (Å²) < 4.78 is 25.4. The molecule has 0 fully saturated rings. The van der Waals surface area contributed by atoms with Gasteiger partial charge in [0.15, 0.2) is 11.6 Å². The highest BCUT2D eigenvalue weighted by Crippen LogP contribution is 2.09. The van der Waals surface area contributed by atoms with Crippen LogP contribution in [0.5, 0.6) is 0 Å². The van der Waals surface area contributed by atoms with Crippen LogP contribution >= 0.6 is 12.4 Å². The lowest BCUT2D eigenvalue weighted by molar-refractivity contribution is -0.120. The van der Waals surface area contributed by atoms with E-state index >= 15 is 0 Å². The predicted molar refractivity (Wildman–Crippen MR) is 64.0 cm³/mol. The number of rotatable bonds is 4. The van der Waals surface area contributed by atoms with Crippen molar-refractivity contribution in [3.8, 4) is 0 Å². The number of hydrogen-bond acceptors (Lipinski definition) is 2. The van der Waals surface area contributed by atoms with Crippen LogP contribution in [-0.4, -0.2) is 18.5 Å². The molecule has 0 aliphatic heterocycles. The smallest absolute Gasteiger partial charge is 0.224 e. The second kappa shape index (κ2) is 7.19. The molecule has 0 saturated heterocycles. The Morgan fingerprint density at radius 2 is 2.06 bits per heavy atom. The van der Waals surface area contributed by atoms with Crippen molar-refractivity contribution in [2.24, 2.45) is 5.73 Å². The van der Waals surface area contributed by atoms with E-state index < -0.39 is 11.6 Å². The Bertz CT molecular complexity index is 388. The Morgan fingerprint density at radius 3 is 2.59 bits per heavy atom. The van der Waals surface area contributed by atoms with Gasteiger partial charge in [0, 0.05) is 12.6 Å². The van der Waals surface area contributed by atoms with E-state index in [1.807, 2.05) is 0 Å². The number of benzene rings is 1. The zero-order valence-electron chi connectivity index (χ0n) is 9.37. The fourth-order valence-corrected chi connectivity index (χ4v) is 1.22. The largest absolute Gasteiger partial charge is 0.352 e. The number of carbonyl (C=O) groups excluding carboxylic acids is 1. The average molecular weight is 265 g/mol. The molecule has 1 aromatic carbocycles. The maximum atomic E-state index is 12.8. The normalized spacial score (nSPS) is 11.5. The fraction of sp³-hybridized carbons (Fsp3) is 0.364. The number of carbonyl (C=O) groups is 1. The van der Waals surface area contributed by atoms with Crippen LogP contribution in [0.2, 0.25) is 0 Å². The highest BCUT2D eigenvalue weighted by Gasteiger charge is 2.08. The first-order chi connectivity index (χ1) is 7.52. The summed E-state index contributed by atoms with van der Waals surface area (Å²) in [5, 5.41) is 2.63. The Labute approximate surface area is 105 Å². The van der Waals surface area contributed by atoms with Crippen molar-refractivity contribution in [1.29, 1.82) is 0 Å². The third kappa shape index (κ3) is 5.10. The molecule has 0 heterocycles. The van der Waals surface area contributed by atoms with Crippen LogP contribution < -0.4 is 11.1 Å². The molecule has 96 valence electrons. The predicted octanol–water partition coefficient (Wildman–Crippen LogP) is 1.39. The lowest BCUT2D eigenvalue weighted by Crippen LogP contribution is -2.38. The Kier molecular flexibility index (Phi) is 6.68. The van der Waals surface area contributed by atoms with Gasteiger partial charge in [0.1, 0.15) is 0 Å². The van der Waals surface area contributed by atoms with E-state index in [0.29, 0.717) is 12.1 Å². The van der Waals surface area contributed by atoms with Gasteiger partial charge in [-0.1, -0.05) is 6.07 Å². The number of hydrogen-bond donors (Lipinski definition) is 2. The van der Waals surface area contributed by atoms with Crippen LogP contribution in [0.3, 0.4) is 0 Å². The summed E-state index contributed by atoms with van der Waals surface area (Å²) in [5.74, 6) is -2.12. The molecule has 0 bridgehead atoms. The summed E-state index contributed by atoms with van der Waals surface area (Å²) in [7, 11) is 0. The molecule has 0 unspecified atom stereocenters. The zero-order valence-corrected chi connectivity index (χ0v) is 10.2. The van der Waals surface area contributed by atoms with Gasteiger partial charge in [-0.3, -0.25) is 4.79 Å². The molecule has 0 saturated carbocycles. The van der Waals surface area contributed by atoms with E-state index in [2.05, 4.69) is 5.32 Å². The quantitative estimate of drug-likeness (QED) is 0.864. The van der Waals surface area contributed by atoms with Gasteiger partial charge in [0.25, 0.3) is 0 Å². The minimum atomic E-state index is -0.947. The topological polar surface area (TPSA) is 55.1 Å². The van der Waals surface area contributed by atoms with Crippen molar-refractivity contribution in [3.05, 3.63) is 35.4 Å². The molecule has 1 amide bonds. The maximum absolute atomic E-state index is 12.8. The first-order valence-corrected chi connectivity index (χ1v) is 4.96. The second-order valence-electron chi connectivity index (χ2n) is 3.63. The Balaban J connectivity index is 0.00000256. The first-order valence-electron chi connectivity index (χ1n) is 4.96. The van der Waals surface area contributed by atoms with Gasteiger partial charge in [0.2, 0.25) is 5.91 Å². The van der Waals surface area contributed by atoms with Crippen LogP contribution in [-0.2, 0) is 11.2 Å². The maximum Gasteiger partial charge on any atom is 0.224 e. The minimum Gasteiger partial charge on any atom is -0.352 e. The van der Waals surface area contributed by atoms with E-state index in [-0.39, 0.29) is 30.8 Å². The summed E-state index contributed by atoms with van der Waals surface area (Å²) in [6.45, 7) is 2.10. The molecular formula is C11H15ClF2N2O. The van der Waals surface area contributed by atoms with E-state index in [1.165, 1.54) is 6.07 Å². The van der Waals surface area contributed by atoms with Gasteiger partial charge in [0.05, 0.1) is 6.42 Å². The molecule has 0 aliphatic rings. The van der Waals surface area contributed by atoms with Gasteiger partial charge in [-0.25, -0.2) is 8.78 Å². The summed E-state index contributed by atoms with van der Waals surface area (Å²) in [5.41, 5.74) is 5.76. The van der Waals surface area contributed by atoms with Crippen molar-refractivity contribution in [2.45, 2.75) is 19.4 Å². The minimum absolute atomic E-state index is 0. The molecule has 0 spiro atoms. The van der Waals surface area contributed by atoms with Crippen LogP contribution in [0, 0.1) is 11.6 Å².